The summed E-state index contributed by atoms with van der Waals surface area (Å²) in [6.45, 7) is 8.07. The largest absolute Gasteiger partial charge is 0.497 e. The number of carbonyl (C=O) groups is 5. The summed E-state index contributed by atoms with van der Waals surface area (Å²) in [6.07, 6.45) is 0. The molecule has 12 heteroatoms. The Morgan fingerprint density at radius 3 is 0.902 bits per heavy atom. The first-order chi connectivity index (χ1) is 24.2. The van der Waals surface area contributed by atoms with Gasteiger partial charge in [-0.3, -0.25) is 14.4 Å². The van der Waals surface area contributed by atoms with Crippen LogP contribution in [0.25, 0.3) is 0 Å². The van der Waals surface area contributed by atoms with Crippen LogP contribution in [0.1, 0.15) is 52.6 Å². The van der Waals surface area contributed by atoms with Gasteiger partial charge < -0.3 is 33.2 Å². The lowest BCUT2D eigenvalue weighted by Crippen LogP contribution is -2.03. The van der Waals surface area contributed by atoms with Gasteiger partial charge >= 0.3 is 29.8 Å². The molecule has 0 amide bonds. The smallest absolute Gasteiger partial charge is 0.337 e. The van der Waals surface area contributed by atoms with Crippen molar-refractivity contribution in [2.45, 2.75) is 34.6 Å². The maximum atomic E-state index is 11.0. The SMILES string of the molecule is COC(=O)c1ccc(C)cc1.COC(=O)c1ccc(OC(C)=O)cc1.COC(C)=O.COc1ccc(C)cc1.COc1ccc(OC(C)=O)cc1. The highest BCUT2D eigenvalue weighted by Crippen LogP contribution is 2.17. The van der Waals surface area contributed by atoms with E-state index in [-0.39, 0.29) is 17.9 Å². The van der Waals surface area contributed by atoms with Crippen LogP contribution in [0.4, 0.5) is 0 Å². The Kier molecular flexibility index (Phi) is 22.7. The third-order valence-corrected chi connectivity index (χ3v) is 5.87. The quantitative estimate of drug-likeness (QED) is 0.116. The summed E-state index contributed by atoms with van der Waals surface area (Å²) in [5, 5.41) is 0. The molecule has 0 saturated heterocycles. The molecule has 4 aromatic rings. The molecule has 0 unspecified atom stereocenters. The second-order valence-corrected chi connectivity index (χ2v) is 9.95. The van der Waals surface area contributed by atoms with Gasteiger partial charge in [0.2, 0.25) is 0 Å². The molecule has 0 aromatic heterocycles. The van der Waals surface area contributed by atoms with Crippen LogP contribution in [-0.4, -0.2) is 65.4 Å². The summed E-state index contributed by atoms with van der Waals surface area (Å²) in [5.41, 5.74) is 3.41. The molecule has 0 aliphatic carbocycles. The van der Waals surface area contributed by atoms with Crippen molar-refractivity contribution in [1.29, 1.82) is 0 Å². The number of aryl methyl sites for hydroxylation is 2. The van der Waals surface area contributed by atoms with E-state index >= 15 is 0 Å². The summed E-state index contributed by atoms with van der Waals surface area (Å²) >= 11 is 0. The fraction of sp³-hybridized carbons (Fsp3) is 0.256. The molecule has 0 atom stereocenters. The van der Waals surface area contributed by atoms with Crippen LogP contribution in [0.5, 0.6) is 23.0 Å². The van der Waals surface area contributed by atoms with Crippen LogP contribution in [0.15, 0.2) is 97.1 Å². The third kappa shape index (κ3) is 21.4. The van der Waals surface area contributed by atoms with Gasteiger partial charge in [-0.1, -0.05) is 35.4 Å². The van der Waals surface area contributed by atoms with E-state index in [1.54, 1.807) is 50.6 Å². The zero-order valence-corrected chi connectivity index (χ0v) is 30.6. The van der Waals surface area contributed by atoms with Gasteiger partial charge in [-0.25, -0.2) is 9.59 Å². The van der Waals surface area contributed by atoms with Crippen LogP contribution in [-0.2, 0) is 28.6 Å². The lowest BCUT2D eigenvalue weighted by Gasteiger charge is -2.02. The molecule has 0 aliphatic heterocycles. The van der Waals surface area contributed by atoms with Crippen molar-refractivity contribution < 1.29 is 57.1 Å². The number of rotatable bonds is 6. The lowest BCUT2D eigenvalue weighted by molar-refractivity contribution is -0.138. The van der Waals surface area contributed by atoms with Crippen LogP contribution >= 0.6 is 0 Å². The van der Waals surface area contributed by atoms with Crippen molar-refractivity contribution in [1.82, 2.24) is 0 Å². The second-order valence-electron chi connectivity index (χ2n) is 9.95. The Morgan fingerprint density at radius 1 is 0.373 bits per heavy atom. The first kappa shape index (κ1) is 44.8. The Hall–Kier alpha value is -6.17. The summed E-state index contributed by atoms with van der Waals surface area (Å²) in [6, 6.07) is 28.2. The highest BCUT2D eigenvalue weighted by atomic mass is 16.5. The molecule has 0 spiro atoms. The number of ether oxygens (including phenoxy) is 7. The molecule has 0 radical (unpaired) electrons. The van der Waals surface area contributed by atoms with Gasteiger partial charge in [0, 0.05) is 20.8 Å². The highest BCUT2D eigenvalue weighted by molar-refractivity contribution is 5.89. The van der Waals surface area contributed by atoms with E-state index < -0.39 is 11.9 Å². The van der Waals surface area contributed by atoms with Gasteiger partial charge in [-0.15, -0.1) is 0 Å². The fourth-order valence-corrected chi connectivity index (χ4v) is 3.23. The van der Waals surface area contributed by atoms with E-state index in [0.717, 1.165) is 17.1 Å². The van der Waals surface area contributed by atoms with E-state index in [1.165, 1.54) is 71.9 Å². The van der Waals surface area contributed by atoms with Crippen LogP contribution < -0.4 is 18.9 Å². The molecule has 274 valence electrons. The van der Waals surface area contributed by atoms with E-state index in [9.17, 15) is 24.0 Å². The van der Waals surface area contributed by atoms with Crippen molar-refractivity contribution in [3.05, 3.63) is 119 Å². The van der Waals surface area contributed by atoms with Crippen LogP contribution in [0.3, 0.4) is 0 Å². The monoisotopic (exact) mass is 706 g/mol. The van der Waals surface area contributed by atoms with Crippen LogP contribution in [0, 0.1) is 13.8 Å². The van der Waals surface area contributed by atoms with Crippen molar-refractivity contribution in [2.24, 2.45) is 0 Å². The highest BCUT2D eigenvalue weighted by Gasteiger charge is 2.05. The molecule has 4 rings (SSSR count). The van der Waals surface area contributed by atoms with E-state index in [2.05, 4.69) is 21.1 Å². The standard InChI is InChI=1S/C10H10O4.C9H10O3.C9H10O2.C8H10O.C3H6O2/c1-7(11)14-9-5-3-8(4-6-9)10(12)13-2;1-7(10)12-9-5-3-8(11-2)4-6-9;1-7-3-5-8(6-4-7)9(10)11-2;1-7-3-5-8(9-2)6-4-7;1-3(4)5-2/h3-6H,1-2H3;3-6H,1-2H3;3-6H,1-2H3;3-6H,1-2H3;1-2H3. The summed E-state index contributed by atoms with van der Waals surface area (Å²) < 4.78 is 32.7. The summed E-state index contributed by atoms with van der Waals surface area (Å²) in [4.78, 5) is 52.6. The summed E-state index contributed by atoms with van der Waals surface area (Å²) in [7, 11) is 7.29. The molecule has 0 heterocycles. The molecule has 0 saturated carbocycles. The predicted octanol–water partition coefficient (Wildman–Crippen LogP) is 6.98. The van der Waals surface area contributed by atoms with Crippen molar-refractivity contribution >= 4 is 29.8 Å². The Bertz CT molecular complexity index is 1610. The van der Waals surface area contributed by atoms with E-state index in [1.807, 2.05) is 43.3 Å². The lowest BCUT2D eigenvalue weighted by atomic mass is 10.2. The minimum absolute atomic E-state index is 0.245. The molecule has 0 N–H and O–H groups in total. The second kappa shape index (κ2) is 25.8. The van der Waals surface area contributed by atoms with E-state index in [4.69, 9.17) is 18.9 Å². The molecular formula is C39H46O12. The number of hydrogen-bond acceptors (Lipinski definition) is 12. The maximum absolute atomic E-state index is 11.0. The molecule has 12 nitrogen and oxygen atoms in total. The van der Waals surface area contributed by atoms with Gasteiger partial charge in [0.15, 0.2) is 0 Å². The van der Waals surface area contributed by atoms with Gasteiger partial charge in [0.05, 0.1) is 46.7 Å². The average molecular weight is 707 g/mol. The molecule has 0 aliphatic rings. The first-order valence-electron chi connectivity index (χ1n) is 15.2. The minimum atomic E-state index is -0.417. The number of hydrogen-bond donors (Lipinski definition) is 0. The average Bonchev–Trinajstić information content (AvgIpc) is 3.13. The zero-order chi connectivity index (χ0) is 38.8. The normalized spacial score (nSPS) is 8.98. The van der Waals surface area contributed by atoms with Crippen molar-refractivity contribution in [3.63, 3.8) is 0 Å². The van der Waals surface area contributed by atoms with Gasteiger partial charge in [-0.2, -0.15) is 0 Å². The van der Waals surface area contributed by atoms with Crippen molar-refractivity contribution in [3.8, 4) is 23.0 Å². The molecule has 51 heavy (non-hydrogen) atoms. The number of esters is 5. The Balaban J connectivity index is 0.000000631. The van der Waals surface area contributed by atoms with Gasteiger partial charge in [0.25, 0.3) is 0 Å². The number of benzene rings is 4. The molecule has 4 aromatic carbocycles. The van der Waals surface area contributed by atoms with Crippen LogP contribution in [0.2, 0.25) is 0 Å². The van der Waals surface area contributed by atoms with Crippen molar-refractivity contribution in [2.75, 3.05) is 35.5 Å². The molecule has 0 bridgehead atoms. The Morgan fingerprint density at radius 2 is 0.627 bits per heavy atom. The van der Waals surface area contributed by atoms with Gasteiger partial charge in [-0.05, 0) is 86.6 Å². The fourth-order valence-electron chi connectivity index (χ4n) is 3.23. The Labute approximate surface area is 299 Å². The summed E-state index contributed by atoms with van der Waals surface area (Å²) in [5.74, 6) is 0.935. The maximum Gasteiger partial charge on any atom is 0.337 e. The first-order valence-corrected chi connectivity index (χ1v) is 15.2. The van der Waals surface area contributed by atoms with Gasteiger partial charge in [0.1, 0.15) is 23.0 Å². The molecule has 0 fully saturated rings. The van der Waals surface area contributed by atoms with E-state index in [0.29, 0.717) is 22.6 Å². The predicted molar refractivity (Wildman–Crippen MR) is 191 cm³/mol. The number of methoxy groups -OCH3 is 5. The number of carbonyl (C=O) groups excluding carboxylic acids is 5. The molecular weight excluding hydrogens is 660 g/mol. The third-order valence-electron chi connectivity index (χ3n) is 5.87. The topological polar surface area (TPSA) is 150 Å². The minimum Gasteiger partial charge on any atom is -0.497 e. The zero-order valence-electron chi connectivity index (χ0n) is 30.6.